The molecule has 0 saturated heterocycles. The standard InChI is InChI=1S/C21H38O11/c1-26-8-9-29-12-14-31-17-20(23)4-2-6-27-10-13-30-16-19(22)5-3-7-28-11-15-32-18-21(24)25/h2-18H2,1H3,(H,24,25). The van der Waals surface area contributed by atoms with Crippen LogP contribution < -0.4 is 0 Å². The molecule has 0 atom stereocenters. The number of carbonyl (C=O) groups is 3. The second-order valence-corrected chi connectivity index (χ2v) is 6.67. The highest BCUT2D eigenvalue weighted by molar-refractivity contribution is 5.79. The Balaban J connectivity index is 3.28. The van der Waals surface area contributed by atoms with Crippen LogP contribution in [0.25, 0.3) is 0 Å². The van der Waals surface area contributed by atoms with E-state index in [2.05, 4.69) is 0 Å². The Bertz CT molecular complexity index is 471. The van der Waals surface area contributed by atoms with E-state index in [0.717, 1.165) is 0 Å². The number of Topliss-reactive ketones (excluding diaryl/α,β-unsaturated/α-hetero) is 2. The smallest absolute Gasteiger partial charge is 0.329 e. The third-order valence-electron chi connectivity index (χ3n) is 3.79. The van der Waals surface area contributed by atoms with Gasteiger partial charge in [0.1, 0.15) is 19.8 Å². The summed E-state index contributed by atoms with van der Waals surface area (Å²) in [6.45, 7) is 3.60. The number of ether oxygens (including phenoxy) is 7. The lowest BCUT2D eigenvalue weighted by Gasteiger charge is -2.07. The molecule has 0 aliphatic heterocycles. The van der Waals surface area contributed by atoms with Gasteiger partial charge in [-0.25, -0.2) is 4.79 Å². The summed E-state index contributed by atoms with van der Waals surface area (Å²) in [7, 11) is 1.60. The van der Waals surface area contributed by atoms with Crippen molar-refractivity contribution in [2.24, 2.45) is 0 Å². The first-order valence-electron chi connectivity index (χ1n) is 10.8. The number of carboxylic acid groups (broad SMARTS) is 1. The summed E-state index contributed by atoms with van der Waals surface area (Å²) in [4.78, 5) is 33.5. The second kappa shape index (κ2) is 24.2. The van der Waals surface area contributed by atoms with Crippen LogP contribution in [0.5, 0.6) is 0 Å². The normalized spacial score (nSPS) is 11.0. The summed E-state index contributed by atoms with van der Waals surface area (Å²) < 4.78 is 36.0. The van der Waals surface area contributed by atoms with E-state index in [1.54, 1.807) is 7.11 Å². The lowest BCUT2D eigenvalue weighted by molar-refractivity contribution is -0.142. The van der Waals surface area contributed by atoms with Gasteiger partial charge in [-0.3, -0.25) is 9.59 Å². The molecule has 188 valence electrons. The SMILES string of the molecule is COCCOCCOCC(=O)CCCOCCOCC(=O)CCCOCCOCC(=O)O. The molecule has 11 heteroatoms. The van der Waals surface area contributed by atoms with Crippen molar-refractivity contribution in [3.05, 3.63) is 0 Å². The predicted octanol–water partition coefficient (Wildman–Crippen LogP) is 0.516. The number of carbonyl (C=O) groups excluding carboxylic acids is 2. The van der Waals surface area contributed by atoms with E-state index in [-0.39, 0.29) is 44.6 Å². The highest BCUT2D eigenvalue weighted by Gasteiger charge is 2.04. The maximum absolute atomic E-state index is 11.7. The molecule has 0 unspecified atom stereocenters. The Morgan fingerprint density at radius 1 is 0.531 bits per heavy atom. The van der Waals surface area contributed by atoms with E-state index in [1.807, 2.05) is 0 Å². The highest BCUT2D eigenvalue weighted by Crippen LogP contribution is 1.96. The van der Waals surface area contributed by atoms with Crippen molar-refractivity contribution < 1.29 is 52.6 Å². The topological polar surface area (TPSA) is 136 Å². The molecular formula is C21H38O11. The molecule has 0 aliphatic carbocycles. The first kappa shape index (κ1) is 30.5. The molecular weight excluding hydrogens is 428 g/mol. The number of carboxylic acids is 1. The van der Waals surface area contributed by atoms with Crippen LogP contribution >= 0.6 is 0 Å². The quantitative estimate of drug-likeness (QED) is 0.179. The minimum Gasteiger partial charge on any atom is -0.480 e. The van der Waals surface area contributed by atoms with Crippen LogP contribution in [0, 0.1) is 0 Å². The molecule has 1 N–H and O–H groups in total. The van der Waals surface area contributed by atoms with E-state index in [0.29, 0.717) is 78.5 Å². The zero-order valence-electron chi connectivity index (χ0n) is 19.1. The van der Waals surface area contributed by atoms with Crippen LogP contribution in [0.3, 0.4) is 0 Å². The Morgan fingerprint density at radius 3 is 1.34 bits per heavy atom. The summed E-state index contributed by atoms with van der Waals surface area (Å²) in [5.74, 6) is -1.02. The zero-order valence-corrected chi connectivity index (χ0v) is 19.1. The van der Waals surface area contributed by atoms with Crippen molar-refractivity contribution in [3.63, 3.8) is 0 Å². The minimum absolute atomic E-state index is 0.0177. The Kier molecular flexibility index (Phi) is 23.1. The van der Waals surface area contributed by atoms with Crippen molar-refractivity contribution in [2.45, 2.75) is 25.7 Å². The highest BCUT2D eigenvalue weighted by atomic mass is 16.5. The molecule has 0 saturated carbocycles. The van der Waals surface area contributed by atoms with Gasteiger partial charge >= 0.3 is 5.97 Å². The number of rotatable bonds is 26. The lowest BCUT2D eigenvalue weighted by atomic mass is 10.2. The minimum atomic E-state index is -1.02. The third-order valence-corrected chi connectivity index (χ3v) is 3.79. The first-order chi connectivity index (χ1) is 15.6. The Morgan fingerprint density at radius 2 is 0.906 bits per heavy atom. The van der Waals surface area contributed by atoms with Gasteiger partial charge in [-0.2, -0.15) is 0 Å². The average molecular weight is 467 g/mol. The maximum atomic E-state index is 11.7. The van der Waals surface area contributed by atoms with Crippen molar-refractivity contribution in [3.8, 4) is 0 Å². The lowest BCUT2D eigenvalue weighted by Crippen LogP contribution is -2.15. The molecule has 0 aliphatic rings. The van der Waals surface area contributed by atoms with Gasteiger partial charge in [-0.1, -0.05) is 0 Å². The van der Waals surface area contributed by atoms with Crippen molar-refractivity contribution in [1.82, 2.24) is 0 Å². The van der Waals surface area contributed by atoms with E-state index in [9.17, 15) is 14.4 Å². The molecule has 0 amide bonds. The fraction of sp³-hybridized carbons (Fsp3) is 0.857. The molecule has 0 radical (unpaired) electrons. The molecule has 0 aromatic carbocycles. The van der Waals surface area contributed by atoms with Crippen molar-refractivity contribution >= 4 is 17.5 Å². The first-order valence-corrected chi connectivity index (χ1v) is 10.8. The van der Waals surface area contributed by atoms with Gasteiger partial charge in [-0.15, -0.1) is 0 Å². The number of ketones is 2. The maximum Gasteiger partial charge on any atom is 0.329 e. The monoisotopic (exact) mass is 466 g/mol. The molecule has 0 rings (SSSR count). The summed E-state index contributed by atoms with van der Waals surface area (Å²) in [6.07, 6.45) is 1.90. The Hall–Kier alpha value is -1.47. The summed E-state index contributed by atoms with van der Waals surface area (Å²) in [5, 5.41) is 8.39. The van der Waals surface area contributed by atoms with Crippen LogP contribution in [-0.4, -0.2) is 116 Å². The summed E-state index contributed by atoms with van der Waals surface area (Å²) in [5.41, 5.74) is 0. The number of aliphatic carboxylic acids is 1. The van der Waals surface area contributed by atoms with Crippen molar-refractivity contribution in [2.75, 3.05) is 93.0 Å². The molecule has 0 fully saturated rings. The number of hydrogen-bond donors (Lipinski definition) is 1. The van der Waals surface area contributed by atoms with E-state index < -0.39 is 5.97 Å². The van der Waals surface area contributed by atoms with Gasteiger partial charge in [-0.05, 0) is 12.8 Å². The predicted molar refractivity (Wildman–Crippen MR) is 113 cm³/mol. The van der Waals surface area contributed by atoms with E-state index >= 15 is 0 Å². The van der Waals surface area contributed by atoms with Gasteiger partial charge in [0.2, 0.25) is 0 Å². The number of methoxy groups -OCH3 is 1. The fourth-order valence-corrected chi connectivity index (χ4v) is 2.22. The molecule has 0 spiro atoms. The van der Waals surface area contributed by atoms with Gasteiger partial charge in [0.05, 0.1) is 52.9 Å². The van der Waals surface area contributed by atoms with Gasteiger partial charge in [0.15, 0.2) is 11.6 Å². The number of hydrogen-bond acceptors (Lipinski definition) is 10. The largest absolute Gasteiger partial charge is 0.480 e. The summed E-state index contributed by atoms with van der Waals surface area (Å²) >= 11 is 0. The third kappa shape index (κ3) is 24.8. The molecule has 11 nitrogen and oxygen atoms in total. The van der Waals surface area contributed by atoms with Crippen LogP contribution in [0.15, 0.2) is 0 Å². The van der Waals surface area contributed by atoms with Crippen LogP contribution in [0.2, 0.25) is 0 Å². The van der Waals surface area contributed by atoms with Crippen LogP contribution in [0.4, 0.5) is 0 Å². The second-order valence-electron chi connectivity index (χ2n) is 6.67. The molecule has 32 heavy (non-hydrogen) atoms. The Labute approximate surface area is 189 Å². The van der Waals surface area contributed by atoms with Gasteiger partial charge < -0.3 is 38.3 Å². The van der Waals surface area contributed by atoms with Crippen molar-refractivity contribution in [1.29, 1.82) is 0 Å². The van der Waals surface area contributed by atoms with Crippen LogP contribution in [0.1, 0.15) is 25.7 Å². The molecule has 0 bridgehead atoms. The summed E-state index contributed by atoms with van der Waals surface area (Å²) in [6, 6.07) is 0. The molecule has 0 aromatic heterocycles. The fourth-order valence-electron chi connectivity index (χ4n) is 2.22. The molecule has 0 aromatic rings. The molecule has 0 heterocycles. The van der Waals surface area contributed by atoms with Gasteiger partial charge in [0.25, 0.3) is 0 Å². The van der Waals surface area contributed by atoms with E-state index in [4.69, 9.17) is 38.3 Å². The van der Waals surface area contributed by atoms with Gasteiger partial charge in [0, 0.05) is 33.2 Å². The average Bonchev–Trinajstić information content (AvgIpc) is 2.76. The van der Waals surface area contributed by atoms with E-state index in [1.165, 1.54) is 0 Å². The van der Waals surface area contributed by atoms with Crippen LogP contribution in [-0.2, 0) is 47.5 Å². The zero-order chi connectivity index (χ0) is 23.7.